The second-order valence-electron chi connectivity index (χ2n) is 12.1. The summed E-state index contributed by atoms with van der Waals surface area (Å²) in [5.74, 6) is -2.08. The van der Waals surface area contributed by atoms with E-state index in [2.05, 4.69) is 34.1 Å². The summed E-state index contributed by atoms with van der Waals surface area (Å²) in [6.07, 6.45) is 5.08. The number of carbonyl (C=O) groups is 4. The van der Waals surface area contributed by atoms with Crippen molar-refractivity contribution in [3.8, 4) is 0 Å². The smallest absolute Gasteiger partial charge is 0.303 e. The van der Waals surface area contributed by atoms with Crippen molar-refractivity contribution in [2.24, 2.45) is 5.92 Å². The molecule has 10 nitrogen and oxygen atoms in total. The van der Waals surface area contributed by atoms with Gasteiger partial charge in [0.15, 0.2) is 0 Å². The maximum Gasteiger partial charge on any atom is 0.303 e. The second kappa shape index (κ2) is 11.8. The van der Waals surface area contributed by atoms with Gasteiger partial charge >= 0.3 is 11.9 Å². The third kappa shape index (κ3) is 5.53. The van der Waals surface area contributed by atoms with Gasteiger partial charge in [-0.25, -0.2) is 0 Å². The fourth-order valence-corrected chi connectivity index (χ4v) is 8.27. The maximum absolute atomic E-state index is 12.6. The van der Waals surface area contributed by atoms with Crippen molar-refractivity contribution < 1.29 is 29.4 Å². The van der Waals surface area contributed by atoms with Gasteiger partial charge in [-0.2, -0.15) is 0 Å². The Kier molecular flexibility index (Phi) is 8.45. The average Bonchev–Trinajstić information content (AvgIpc) is 3.13. The van der Waals surface area contributed by atoms with Crippen LogP contribution in [-0.4, -0.2) is 60.0 Å². The van der Waals surface area contributed by atoms with E-state index < -0.39 is 11.9 Å². The van der Waals surface area contributed by atoms with Crippen LogP contribution >= 0.6 is 11.8 Å². The topological polar surface area (TPSA) is 164 Å². The summed E-state index contributed by atoms with van der Waals surface area (Å²) in [4.78, 5) is 55.2. The quantitative estimate of drug-likeness (QED) is 0.194. The van der Waals surface area contributed by atoms with Gasteiger partial charge in [0.25, 0.3) is 5.91 Å². The van der Waals surface area contributed by atoms with Crippen LogP contribution in [0, 0.1) is 19.8 Å². The lowest BCUT2D eigenvalue weighted by Crippen LogP contribution is -2.30. The van der Waals surface area contributed by atoms with Gasteiger partial charge in [-0.15, -0.1) is 11.8 Å². The van der Waals surface area contributed by atoms with Crippen LogP contribution in [0.25, 0.3) is 6.08 Å². The van der Waals surface area contributed by atoms with Crippen LogP contribution in [0.4, 0.5) is 0 Å². The lowest BCUT2D eigenvalue weighted by molar-refractivity contribution is -0.138. The van der Waals surface area contributed by atoms with E-state index in [1.54, 1.807) is 17.8 Å². The van der Waals surface area contributed by atoms with Crippen molar-refractivity contribution in [2.75, 3.05) is 0 Å². The Hall–Kier alpha value is -3.99. The fraction of sp³-hybridized carbons (Fsp3) is 0.455. The average molecular weight is 621 g/mol. The molecule has 5 rings (SSSR count). The molecule has 0 aliphatic carbocycles. The number of hydrogen-bond donors (Lipinski definition) is 6. The highest BCUT2D eigenvalue weighted by atomic mass is 32.2. The van der Waals surface area contributed by atoms with Crippen LogP contribution in [0.2, 0.25) is 0 Å². The predicted molar refractivity (Wildman–Crippen MR) is 169 cm³/mol. The number of H-pyrrole nitrogens is 2. The molecule has 4 atom stereocenters. The van der Waals surface area contributed by atoms with E-state index in [1.165, 1.54) is 0 Å². The van der Waals surface area contributed by atoms with Gasteiger partial charge < -0.3 is 30.8 Å². The highest BCUT2D eigenvalue weighted by Crippen LogP contribution is 2.64. The van der Waals surface area contributed by atoms with E-state index in [9.17, 15) is 29.4 Å². The van der Waals surface area contributed by atoms with Crippen LogP contribution in [0.5, 0.6) is 0 Å². The first-order valence-electron chi connectivity index (χ1n) is 15.0. The molecule has 0 radical (unpaired) electrons. The number of aromatic nitrogens is 2. The third-order valence-electron chi connectivity index (χ3n) is 9.64. The second-order valence-corrected chi connectivity index (χ2v) is 13.7. The molecule has 1 unspecified atom stereocenters. The highest BCUT2D eigenvalue weighted by Gasteiger charge is 2.65. The predicted octanol–water partition coefficient (Wildman–Crippen LogP) is 4.11. The van der Waals surface area contributed by atoms with Crippen LogP contribution in [-0.2, 0) is 44.9 Å². The maximum atomic E-state index is 12.6. The Bertz CT molecular complexity index is 1650. The van der Waals surface area contributed by atoms with Gasteiger partial charge in [0.2, 0.25) is 5.91 Å². The number of carboxylic acid groups (broad SMARTS) is 2. The van der Waals surface area contributed by atoms with E-state index in [4.69, 9.17) is 0 Å². The SMILES string of the molecule is C=CC1=C(C)[C@@H](Cc2[nH]c(Cc3[nH]c(/C=C4\NC(=O)[C@H](C)[C@@]45SC5C)c(C)c3CCC(=O)O)c(CCC(=O)O)c2C)NC1=O. The minimum Gasteiger partial charge on any atom is -0.481 e. The molecule has 0 bridgehead atoms. The molecule has 2 fully saturated rings. The molecule has 3 aliphatic heterocycles. The molecule has 5 heterocycles. The van der Waals surface area contributed by atoms with Crippen LogP contribution in [0.15, 0.2) is 29.5 Å². The number of aromatic amines is 2. The molecule has 44 heavy (non-hydrogen) atoms. The molecule has 0 saturated carbocycles. The van der Waals surface area contributed by atoms with Crippen LogP contribution in [0.3, 0.4) is 0 Å². The largest absolute Gasteiger partial charge is 0.481 e. The van der Waals surface area contributed by atoms with E-state index in [1.807, 2.05) is 33.8 Å². The van der Waals surface area contributed by atoms with E-state index >= 15 is 0 Å². The number of hydrogen-bond acceptors (Lipinski definition) is 5. The van der Waals surface area contributed by atoms with Gasteiger partial charge in [-0.1, -0.05) is 26.5 Å². The molecule has 2 aromatic heterocycles. The van der Waals surface area contributed by atoms with Crippen molar-refractivity contribution in [1.82, 2.24) is 20.6 Å². The Morgan fingerprint density at radius 1 is 0.955 bits per heavy atom. The zero-order chi connectivity index (χ0) is 32.1. The molecule has 6 N–H and O–H groups in total. The molecular formula is C33H40N4O6S. The molecule has 0 aromatic carbocycles. The summed E-state index contributed by atoms with van der Waals surface area (Å²) in [5.41, 5.74) is 9.50. The fourth-order valence-electron chi connectivity index (χ4n) is 6.88. The Morgan fingerprint density at radius 2 is 1.55 bits per heavy atom. The zero-order valence-corrected chi connectivity index (χ0v) is 26.6. The number of amides is 2. The summed E-state index contributed by atoms with van der Waals surface area (Å²) in [5, 5.41) is 25.4. The van der Waals surface area contributed by atoms with Crippen LogP contribution < -0.4 is 10.6 Å². The molecule has 2 saturated heterocycles. The monoisotopic (exact) mass is 620 g/mol. The van der Waals surface area contributed by atoms with Gasteiger partial charge in [-0.3, -0.25) is 19.2 Å². The van der Waals surface area contributed by atoms with E-state index in [0.717, 1.165) is 56.3 Å². The molecule has 2 aromatic rings. The Morgan fingerprint density at radius 3 is 2.09 bits per heavy atom. The summed E-state index contributed by atoms with van der Waals surface area (Å²) in [6, 6.07) is -0.205. The molecule has 11 heteroatoms. The lowest BCUT2D eigenvalue weighted by atomic mass is 9.91. The molecule has 234 valence electrons. The Labute approximate surface area is 260 Å². The molecule has 2 amide bonds. The minimum atomic E-state index is -0.892. The first kappa shape index (κ1) is 31.4. The van der Waals surface area contributed by atoms with Crippen molar-refractivity contribution in [3.63, 3.8) is 0 Å². The number of thioether (sulfide) groups is 1. The zero-order valence-electron chi connectivity index (χ0n) is 25.8. The van der Waals surface area contributed by atoms with Crippen molar-refractivity contribution >= 4 is 41.6 Å². The molecule has 1 spiro atoms. The van der Waals surface area contributed by atoms with Crippen molar-refractivity contribution in [2.45, 2.75) is 89.2 Å². The summed E-state index contributed by atoms with van der Waals surface area (Å²) in [7, 11) is 0. The highest BCUT2D eigenvalue weighted by molar-refractivity contribution is 8.09. The first-order chi connectivity index (χ1) is 20.8. The van der Waals surface area contributed by atoms with E-state index in [-0.39, 0.29) is 41.4 Å². The van der Waals surface area contributed by atoms with Crippen molar-refractivity contribution in [3.05, 3.63) is 74.5 Å². The normalized spacial score (nSPS) is 25.2. The van der Waals surface area contributed by atoms with Crippen molar-refractivity contribution in [1.29, 1.82) is 0 Å². The van der Waals surface area contributed by atoms with E-state index in [0.29, 0.717) is 36.5 Å². The first-order valence-corrected chi connectivity index (χ1v) is 15.8. The van der Waals surface area contributed by atoms with Crippen LogP contribution in [0.1, 0.15) is 78.6 Å². The van der Waals surface area contributed by atoms with Gasteiger partial charge in [0, 0.05) is 65.0 Å². The lowest BCUT2D eigenvalue weighted by Gasteiger charge is -2.12. The Balaban J connectivity index is 1.53. The number of aliphatic carboxylic acids is 2. The number of rotatable bonds is 12. The minimum absolute atomic E-state index is 0.00448. The summed E-state index contributed by atoms with van der Waals surface area (Å²) < 4.78 is -0.265. The number of carboxylic acids is 2. The number of nitrogens with one attached hydrogen (secondary N) is 4. The third-order valence-corrected chi connectivity index (χ3v) is 11.4. The molecular weight excluding hydrogens is 580 g/mol. The molecule has 3 aliphatic rings. The number of carbonyl (C=O) groups excluding carboxylic acids is 2. The summed E-state index contributed by atoms with van der Waals surface area (Å²) >= 11 is 1.77. The summed E-state index contributed by atoms with van der Waals surface area (Å²) in [6.45, 7) is 13.7. The van der Waals surface area contributed by atoms with Gasteiger partial charge in [0.05, 0.1) is 16.7 Å². The van der Waals surface area contributed by atoms with Gasteiger partial charge in [0.1, 0.15) is 0 Å². The standard InChI is InChI=1S/C33H40N4O6S/c1-7-20-15(2)24(36-32(20)43)12-23-16(3)21(8-10-29(38)39)26(34-23)13-27-22(9-11-30(40)41)17(4)25(35-27)14-28-33(19(6)44-33)18(5)31(42)37-28/h7,14,18-19,24,34-35H,1,8-13H2,2-6H3,(H,36,43)(H,37,42)(H,38,39)(H,40,41)/b28-14-/t18-,19?,24+,33-/m0/s1. The van der Waals surface area contributed by atoms with Gasteiger partial charge in [-0.05, 0) is 67.5 Å².